The van der Waals surface area contributed by atoms with Gasteiger partial charge < -0.3 is 9.47 Å². The summed E-state index contributed by atoms with van der Waals surface area (Å²) in [6.07, 6.45) is -9.26. The van der Waals surface area contributed by atoms with Gasteiger partial charge in [0.15, 0.2) is 13.2 Å². The lowest BCUT2D eigenvalue weighted by molar-refractivity contribution is -0.153. The van der Waals surface area contributed by atoms with Crippen LogP contribution in [0.3, 0.4) is 0 Å². The van der Waals surface area contributed by atoms with Gasteiger partial charge in [-0.25, -0.2) is 0 Å². The third-order valence-corrected chi connectivity index (χ3v) is 1.88. The van der Waals surface area contributed by atoms with Gasteiger partial charge in [0.05, 0.1) is 0 Å². The van der Waals surface area contributed by atoms with Gasteiger partial charge >= 0.3 is 12.4 Å². The molecule has 0 aliphatic rings. The highest BCUT2D eigenvalue weighted by Gasteiger charge is 2.30. The highest BCUT2D eigenvalue weighted by atomic mass is 19.4. The second-order valence-corrected chi connectivity index (χ2v) is 3.55. The zero-order valence-electron chi connectivity index (χ0n) is 9.68. The number of nitriles is 1. The Labute approximate surface area is 109 Å². The van der Waals surface area contributed by atoms with Crippen LogP contribution in [-0.2, 0) is 0 Å². The fourth-order valence-electron chi connectivity index (χ4n) is 1.18. The molecule has 1 aromatic carbocycles. The Balaban J connectivity index is 2.90. The monoisotopic (exact) mass is 299 g/mol. The van der Waals surface area contributed by atoms with Gasteiger partial charge in [0.25, 0.3) is 0 Å². The van der Waals surface area contributed by atoms with Crippen LogP contribution in [-0.4, -0.2) is 25.6 Å². The van der Waals surface area contributed by atoms with E-state index in [1.165, 1.54) is 6.07 Å². The number of nitrogens with zero attached hydrogens (tertiary/aromatic N) is 1. The van der Waals surface area contributed by atoms with E-state index in [0.29, 0.717) is 0 Å². The Hall–Kier alpha value is -2.11. The molecule has 0 N–H and O–H groups in total. The van der Waals surface area contributed by atoms with E-state index in [0.717, 1.165) is 18.2 Å². The van der Waals surface area contributed by atoms with Crippen LogP contribution in [0.5, 0.6) is 11.5 Å². The number of rotatable bonds is 4. The molecule has 0 aromatic heterocycles. The first kappa shape index (κ1) is 15.9. The van der Waals surface area contributed by atoms with Crippen LogP contribution >= 0.6 is 0 Å². The number of hydrogen-bond donors (Lipinski definition) is 0. The fourth-order valence-corrected chi connectivity index (χ4v) is 1.18. The zero-order valence-corrected chi connectivity index (χ0v) is 9.68. The second-order valence-electron chi connectivity index (χ2n) is 3.55. The smallest absolute Gasteiger partial charge is 0.422 e. The van der Waals surface area contributed by atoms with Gasteiger partial charge in [-0.1, -0.05) is 6.07 Å². The van der Waals surface area contributed by atoms with Gasteiger partial charge in [-0.05, 0) is 12.1 Å². The minimum absolute atomic E-state index is 0.496. The lowest BCUT2D eigenvalue weighted by atomic mass is 10.2. The van der Waals surface area contributed by atoms with Gasteiger partial charge in [0.1, 0.15) is 23.1 Å². The Kier molecular flexibility index (Phi) is 4.70. The summed E-state index contributed by atoms with van der Waals surface area (Å²) in [6, 6.07) is 4.64. The highest BCUT2D eigenvalue weighted by molar-refractivity contribution is 5.52. The Morgan fingerprint density at radius 2 is 1.30 bits per heavy atom. The summed E-state index contributed by atoms with van der Waals surface area (Å²) in [4.78, 5) is 0. The predicted octanol–water partition coefficient (Wildman–Crippen LogP) is 3.44. The van der Waals surface area contributed by atoms with E-state index < -0.39 is 42.6 Å². The second kappa shape index (κ2) is 5.90. The fraction of sp³-hybridized carbons (Fsp3) is 0.364. The maximum Gasteiger partial charge on any atom is 0.422 e. The minimum atomic E-state index is -4.63. The van der Waals surface area contributed by atoms with Crippen LogP contribution in [0.2, 0.25) is 0 Å². The molecule has 0 aliphatic carbocycles. The number of halogens is 6. The average Bonchev–Trinajstić information content (AvgIpc) is 2.31. The maximum atomic E-state index is 12.0. The van der Waals surface area contributed by atoms with Crippen molar-refractivity contribution in [3.05, 3.63) is 23.8 Å². The van der Waals surface area contributed by atoms with Crippen molar-refractivity contribution in [2.24, 2.45) is 0 Å². The van der Waals surface area contributed by atoms with E-state index in [-0.39, 0.29) is 0 Å². The molecule has 20 heavy (non-hydrogen) atoms. The molecule has 0 aliphatic heterocycles. The number of hydrogen-bond acceptors (Lipinski definition) is 3. The normalized spacial score (nSPS) is 11.8. The molecule has 1 aromatic rings. The number of ether oxygens (including phenoxy) is 2. The minimum Gasteiger partial charge on any atom is -0.483 e. The van der Waals surface area contributed by atoms with Crippen LogP contribution in [0.15, 0.2) is 18.2 Å². The molecule has 0 spiro atoms. The lowest BCUT2D eigenvalue weighted by Gasteiger charge is -2.14. The molecule has 0 fully saturated rings. The van der Waals surface area contributed by atoms with Gasteiger partial charge in [0, 0.05) is 0 Å². The van der Waals surface area contributed by atoms with Crippen LogP contribution in [0, 0.1) is 11.3 Å². The van der Waals surface area contributed by atoms with E-state index >= 15 is 0 Å². The third kappa shape index (κ3) is 5.26. The van der Waals surface area contributed by atoms with E-state index in [1.54, 1.807) is 0 Å². The summed E-state index contributed by atoms with van der Waals surface area (Å²) in [7, 11) is 0. The predicted molar refractivity (Wildman–Crippen MR) is 54.3 cm³/mol. The molecule has 3 nitrogen and oxygen atoms in total. The summed E-state index contributed by atoms with van der Waals surface area (Å²) >= 11 is 0. The van der Waals surface area contributed by atoms with E-state index in [4.69, 9.17) is 5.26 Å². The van der Waals surface area contributed by atoms with Crippen molar-refractivity contribution in [1.82, 2.24) is 0 Å². The maximum absolute atomic E-state index is 12.0. The van der Waals surface area contributed by atoms with E-state index in [2.05, 4.69) is 9.47 Å². The summed E-state index contributed by atoms with van der Waals surface area (Å²) in [5.74, 6) is -0.992. The molecule has 0 radical (unpaired) electrons. The number of alkyl halides is 6. The van der Waals surface area contributed by atoms with Crippen molar-refractivity contribution in [1.29, 1.82) is 5.26 Å². The molecule has 1 rings (SSSR count). The average molecular weight is 299 g/mol. The largest absolute Gasteiger partial charge is 0.483 e. The van der Waals surface area contributed by atoms with Crippen molar-refractivity contribution in [3.63, 3.8) is 0 Å². The first-order chi connectivity index (χ1) is 9.12. The van der Waals surface area contributed by atoms with Gasteiger partial charge in [-0.3, -0.25) is 0 Å². The third-order valence-electron chi connectivity index (χ3n) is 1.88. The van der Waals surface area contributed by atoms with Crippen LogP contribution < -0.4 is 9.47 Å². The molecule has 0 bridgehead atoms. The van der Waals surface area contributed by atoms with Crippen LogP contribution in [0.4, 0.5) is 26.3 Å². The molecule has 0 amide bonds. The molecule has 0 heterocycles. The summed E-state index contributed by atoms with van der Waals surface area (Å²) < 4.78 is 80.7. The zero-order chi connectivity index (χ0) is 15.4. The Morgan fingerprint density at radius 1 is 0.900 bits per heavy atom. The topological polar surface area (TPSA) is 42.2 Å². The molecule has 0 saturated heterocycles. The molecule has 9 heteroatoms. The standard InChI is InChI=1S/C11H7F6NO2/c12-10(13,14)5-19-8-2-1-3-9(7(8)4-18)20-6-11(15,16)17/h1-3H,5-6H2. The molecule has 0 atom stereocenters. The highest BCUT2D eigenvalue weighted by Crippen LogP contribution is 2.30. The van der Waals surface area contributed by atoms with Gasteiger partial charge in [0.2, 0.25) is 0 Å². The molecule has 0 saturated carbocycles. The number of benzene rings is 1. The van der Waals surface area contributed by atoms with Crippen molar-refractivity contribution in [2.45, 2.75) is 12.4 Å². The van der Waals surface area contributed by atoms with Crippen molar-refractivity contribution < 1.29 is 35.8 Å². The Bertz CT molecular complexity index is 467. The lowest BCUT2D eigenvalue weighted by Crippen LogP contribution is -2.21. The summed E-state index contributed by atoms with van der Waals surface area (Å²) in [5, 5.41) is 8.79. The SMILES string of the molecule is N#Cc1c(OCC(F)(F)F)cccc1OCC(F)(F)F. The first-order valence-corrected chi connectivity index (χ1v) is 5.04. The summed E-state index contributed by atoms with van der Waals surface area (Å²) in [5.41, 5.74) is -0.527. The van der Waals surface area contributed by atoms with Crippen LogP contribution in [0.1, 0.15) is 5.56 Å². The van der Waals surface area contributed by atoms with Crippen molar-refractivity contribution in [3.8, 4) is 17.6 Å². The van der Waals surface area contributed by atoms with Gasteiger partial charge in [-0.15, -0.1) is 0 Å². The molecule has 110 valence electrons. The molecular formula is C11H7F6NO2. The van der Waals surface area contributed by atoms with Crippen LogP contribution in [0.25, 0.3) is 0 Å². The van der Waals surface area contributed by atoms with Crippen molar-refractivity contribution >= 4 is 0 Å². The van der Waals surface area contributed by atoms with E-state index in [9.17, 15) is 26.3 Å². The molecular weight excluding hydrogens is 292 g/mol. The van der Waals surface area contributed by atoms with E-state index in [1.807, 2.05) is 0 Å². The Morgan fingerprint density at radius 3 is 1.60 bits per heavy atom. The summed E-state index contributed by atoms with van der Waals surface area (Å²) in [6.45, 7) is -3.32. The molecule has 0 unspecified atom stereocenters. The quantitative estimate of drug-likeness (QED) is 0.800. The van der Waals surface area contributed by atoms with Gasteiger partial charge in [-0.2, -0.15) is 31.6 Å². The first-order valence-electron chi connectivity index (χ1n) is 5.04. The van der Waals surface area contributed by atoms with Crippen molar-refractivity contribution in [2.75, 3.05) is 13.2 Å².